The van der Waals surface area contributed by atoms with E-state index in [1.807, 2.05) is 11.8 Å². The Kier molecular flexibility index (Phi) is 5.57. The van der Waals surface area contributed by atoms with Crippen LogP contribution in [0.15, 0.2) is 46.2 Å². The van der Waals surface area contributed by atoms with Gasteiger partial charge in [0, 0.05) is 9.79 Å². The molecular formula is C20H26OS. The Labute approximate surface area is 139 Å². The first kappa shape index (κ1) is 17.0. The predicted molar refractivity (Wildman–Crippen MR) is 96.3 cm³/mol. The van der Waals surface area contributed by atoms with E-state index in [-0.39, 0.29) is 6.10 Å². The predicted octanol–water partition coefficient (Wildman–Crippen LogP) is 6.37. The number of hydrogen-bond donors (Lipinski definition) is 0. The van der Waals surface area contributed by atoms with Gasteiger partial charge in [0.15, 0.2) is 0 Å². The van der Waals surface area contributed by atoms with Crippen molar-refractivity contribution in [1.29, 1.82) is 0 Å². The van der Waals surface area contributed by atoms with Crippen LogP contribution in [0, 0.1) is 13.8 Å². The van der Waals surface area contributed by atoms with Gasteiger partial charge in [0.1, 0.15) is 5.75 Å². The average Bonchev–Trinajstić information content (AvgIpc) is 2.43. The first-order valence-corrected chi connectivity index (χ1v) is 8.74. The van der Waals surface area contributed by atoms with Gasteiger partial charge in [-0.15, -0.1) is 0 Å². The highest BCUT2D eigenvalue weighted by molar-refractivity contribution is 7.99. The zero-order valence-electron chi connectivity index (χ0n) is 14.4. The molecule has 0 saturated heterocycles. The maximum atomic E-state index is 5.91. The van der Waals surface area contributed by atoms with Crippen LogP contribution >= 0.6 is 11.8 Å². The highest BCUT2D eigenvalue weighted by Gasteiger charge is 2.09. The third-order valence-corrected chi connectivity index (χ3v) is 4.55. The van der Waals surface area contributed by atoms with Crippen molar-refractivity contribution in [2.45, 2.75) is 63.4 Å². The summed E-state index contributed by atoms with van der Waals surface area (Å²) in [6.07, 6.45) is 0.208. The van der Waals surface area contributed by atoms with Crippen molar-refractivity contribution in [1.82, 2.24) is 0 Å². The van der Waals surface area contributed by atoms with Crippen LogP contribution in [0.3, 0.4) is 0 Å². The summed E-state index contributed by atoms with van der Waals surface area (Å²) in [6, 6.07) is 13.3. The molecule has 22 heavy (non-hydrogen) atoms. The number of rotatable bonds is 5. The van der Waals surface area contributed by atoms with Crippen LogP contribution in [0.1, 0.15) is 50.3 Å². The molecule has 0 amide bonds. The third-order valence-electron chi connectivity index (χ3n) is 3.57. The van der Waals surface area contributed by atoms with Gasteiger partial charge >= 0.3 is 0 Å². The number of benzene rings is 2. The molecule has 0 unspecified atom stereocenters. The highest BCUT2D eigenvalue weighted by Crippen LogP contribution is 2.34. The van der Waals surface area contributed by atoms with Gasteiger partial charge in [0.25, 0.3) is 0 Å². The van der Waals surface area contributed by atoms with Crippen molar-refractivity contribution in [2.24, 2.45) is 0 Å². The fourth-order valence-corrected chi connectivity index (χ4v) is 3.46. The molecule has 0 N–H and O–H groups in total. The minimum Gasteiger partial charge on any atom is -0.490 e. The Balaban J connectivity index is 2.19. The van der Waals surface area contributed by atoms with Crippen molar-refractivity contribution in [3.05, 3.63) is 53.1 Å². The minimum absolute atomic E-state index is 0.208. The van der Waals surface area contributed by atoms with Crippen molar-refractivity contribution in [3.8, 4) is 5.75 Å². The molecule has 0 heterocycles. The lowest BCUT2D eigenvalue weighted by atomic mass is 10.0. The fraction of sp³-hybridized carbons (Fsp3) is 0.400. The fourth-order valence-electron chi connectivity index (χ4n) is 2.45. The van der Waals surface area contributed by atoms with E-state index < -0.39 is 0 Å². The molecule has 0 radical (unpaired) electrons. The zero-order valence-corrected chi connectivity index (χ0v) is 15.3. The Morgan fingerprint density at radius 1 is 0.818 bits per heavy atom. The van der Waals surface area contributed by atoms with E-state index in [2.05, 4.69) is 77.9 Å². The Bertz CT molecular complexity index is 604. The lowest BCUT2D eigenvalue weighted by Gasteiger charge is -2.16. The maximum absolute atomic E-state index is 5.91. The molecule has 1 nitrogen and oxygen atoms in total. The van der Waals surface area contributed by atoms with Crippen LogP contribution in [0.4, 0.5) is 0 Å². The van der Waals surface area contributed by atoms with Crippen molar-refractivity contribution < 1.29 is 4.74 Å². The van der Waals surface area contributed by atoms with Gasteiger partial charge in [0.05, 0.1) is 6.10 Å². The molecule has 2 aromatic carbocycles. The quantitative estimate of drug-likeness (QED) is 0.634. The second kappa shape index (κ2) is 7.23. The van der Waals surface area contributed by atoms with E-state index in [1.54, 1.807) is 0 Å². The van der Waals surface area contributed by atoms with Crippen LogP contribution in [-0.2, 0) is 0 Å². The summed E-state index contributed by atoms with van der Waals surface area (Å²) >= 11 is 1.81. The van der Waals surface area contributed by atoms with E-state index in [4.69, 9.17) is 4.74 Å². The van der Waals surface area contributed by atoms with E-state index in [9.17, 15) is 0 Å². The Morgan fingerprint density at radius 3 is 1.82 bits per heavy atom. The van der Waals surface area contributed by atoms with Crippen molar-refractivity contribution in [2.75, 3.05) is 0 Å². The van der Waals surface area contributed by atoms with Gasteiger partial charge in [-0.05, 0) is 74.6 Å². The molecule has 2 aromatic rings. The molecule has 118 valence electrons. The van der Waals surface area contributed by atoms with E-state index in [0.717, 1.165) is 5.75 Å². The van der Waals surface area contributed by atoms with Gasteiger partial charge < -0.3 is 4.74 Å². The maximum Gasteiger partial charge on any atom is 0.125 e. The average molecular weight is 314 g/mol. The molecular weight excluding hydrogens is 288 g/mol. The molecule has 0 aliphatic carbocycles. The molecule has 2 heteroatoms. The number of hydrogen-bond acceptors (Lipinski definition) is 2. The molecule has 0 aliphatic rings. The Morgan fingerprint density at radius 2 is 1.36 bits per heavy atom. The van der Waals surface area contributed by atoms with Crippen molar-refractivity contribution >= 4 is 11.8 Å². The molecule has 0 aliphatic heterocycles. The first-order chi connectivity index (χ1) is 10.4. The van der Waals surface area contributed by atoms with Crippen LogP contribution in [0.25, 0.3) is 0 Å². The number of ether oxygens (including phenoxy) is 1. The van der Waals surface area contributed by atoms with Crippen LogP contribution in [0.5, 0.6) is 5.75 Å². The largest absolute Gasteiger partial charge is 0.490 e. The summed E-state index contributed by atoms with van der Waals surface area (Å²) in [5.41, 5.74) is 3.79. The first-order valence-electron chi connectivity index (χ1n) is 7.92. The summed E-state index contributed by atoms with van der Waals surface area (Å²) in [5, 5.41) is 0. The monoisotopic (exact) mass is 314 g/mol. The van der Waals surface area contributed by atoms with Gasteiger partial charge in [-0.2, -0.15) is 0 Å². The summed E-state index contributed by atoms with van der Waals surface area (Å²) in [5.74, 6) is 1.60. The summed E-state index contributed by atoms with van der Waals surface area (Å²) in [7, 11) is 0. The second-order valence-corrected chi connectivity index (χ2v) is 7.53. The van der Waals surface area contributed by atoms with Gasteiger partial charge in [-0.3, -0.25) is 0 Å². The second-order valence-electron chi connectivity index (χ2n) is 6.38. The smallest absolute Gasteiger partial charge is 0.125 e. The lowest BCUT2D eigenvalue weighted by molar-refractivity contribution is 0.239. The molecule has 0 saturated carbocycles. The zero-order chi connectivity index (χ0) is 16.3. The third kappa shape index (κ3) is 4.30. The molecule has 0 fully saturated rings. The topological polar surface area (TPSA) is 9.23 Å². The molecule has 0 aromatic heterocycles. The van der Waals surface area contributed by atoms with Crippen LogP contribution in [-0.4, -0.2) is 6.10 Å². The summed E-state index contributed by atoms with van der Waals surface area (Å²) in [6.45, 7) is 12.8. The van der Waals surface area contributed by atoms with E-state index in [0.29, 0.717) is 5.92 Å². The Hall–Kier alpha value is -1.41. The standard InChI is InChI=1S/C20H26OS/c1-13(2)17-7-9-18(10-8-17)22-19-11-15(5)20(16(6)12-19)21-14(3)4/h7-14H,1-6H3. The van der Waals surface area contributed by atoms with E-state index >= 15 is 0 Å². The minimum atomic E-state index is 0.208. The SMILES string of the molecule is Cc1cc(Sc2ccc(C(C)C)cc2)cc(C)c1OC(C)C. The van der Waals surface area contributed by atoms with Crippen LogP contribution < -0.4 is 4.74 Å². The van der Waals surface area contributed by atoms with E-state index in [1.165, 1.54) is 26.5 Å². The summed E-state index contributed by atoms with van der Waals surface area (Å²) in [4.78, 5) is 2.55. The van der Waals surface area contributed by atoms with Gasteiger partial charge in [0.2, 0.25) is 0 Å². The van der Waals surface area contributed by atoms with Gasteiger partial charge in [-0.1, -0.05) is 37.7 Å². The van der Waals surface area contributed by atoms with Gasteiger partial charge in [-0.25, -0.2) is 0 Å². The number of aryl methyl sites for hydroxylation is 2. The normalized spacial score (nSPS) is 11.3. The van der Waals surface area contributed by atoms with Crippen molar-refractivity contribution in [3.63, 3.8) is 0 Å². The molecule has 2 rings (SSSR count). The molecule has 0 spiro atoms. The highest BCUT2D eigenvalue weighted by atomic mass is 32.2. The molecule has 0 atom stereocenters. The lowest BCUT2D eigenvalue weighted by Crippen LogP contribution is -2.08. The van der Waals surface area contributed by atoms with Crippen LogP contribution in [0.2, 0.25) is 0 Å². The molecule has 0 bridgehead atoms. The summed E-state index contributed by atoms with van der Waals surface area (Å²) < 4.78 is 5.91.